The molecule has 2 aliphatic rings. The first-order valence-corrected chi connectivity index (χ1v) is 5.33. The zero-order valence-electron chi connectivity index (χ0n) is 5.99. The number of likely N-dealkylation sites (tertiary alicyclic amines) is 1. The smallest absolute Gasteiger partial charge is 0.210 e. The summed E-state index contributed by atoms with van der Waals surface area (Å²) in [6.45, 7) is 0.721. The Morgan fingerprint density at radius 2 is 2.00 bits per heavy atom. The van der Waals surface area contributed by atoms with Crippen LogP contribution in [0.25, 0.3) is 0 Å². The Hall–Kier alpha value is -0.580. The quantitative estimate of drug-likeness (QED) is 0.481. The van der Waals surface area contributed by atoms with Gasteiger partial charge in [0.1, 0.15) is 0 Å². The van der Waals surface area contributed by atoms with Crippen LogP contribution in [0.4, 0.5) is 0 Å². The van der Waals surface area contributed by atoms with E-state index in [4.69, 9.17) is 0 Å². The van der Waals surface area contributed by atoms with Crippen LogP contribution in [0.2, 0.25) is 0 Å². The predicted molar refractivity (Wildman–Crippen MR) is 38.8 cm³/mol. The first-order chi connectivity index (χ1) is 5.08. The molecule has 0 aromatic rings. The summed E-state index contributed by atoms with van der Waals surface area (Å²) < 4.78 is 21.6. The van der Waals surface area contributed by atoms with Crippen molar-refractivity contribution in [3.05, 3.63) is 0 Å². The molecule has 2 saturated heterocycles. The summed E-state index contributed by atoms with van der Waals surface area (Å²) in [7, 11) is -2.79. The number of carbonyl (C=O) groups excluding carboxylic acids is 1. The first-order valence-electron chi connectivity index (χ1n) is 3.51. The van der Waals surface area contributed by atoms with Crippen LogP contribution in [0, 0.1) is 0 Å². The van der Waals surface area contributed by atoms with E-state index in [1.165, 1.54) is 0 Å². The van der Waals surface area contributed by atoms with Crippen molar-refractivity contribution < 1.29 is 13.2 Å². The highest BCUT2D eigenvalue weighted by molar-refractivity contribution is 7.93. The van der Waals surface area contributed by atoms with Crippen molar-refractivity contribution in [2.75, 3.05) is 18.1 Å². The maximum Gasteiger partial charge on any atom is 0.210 e. The number of hydrogen-bond donors (Lipinski definition) is 0. The molecule has 0 bridgehead atoms. The van der Waals surface area contributed by atoms with E-state index < -0.39 is 9.84 Å². The number of hydrogen-bond acceptors (Lipinski definition) is 3. The minimum absolute atomic E-state index is 0.179. The summed E-state index contributed by atoms with van der Waals surface area (Å²) in [5.74, 6) is 0.359. The lowest BCUT2D eigenvalue weighted by atomic mass is 9.88. The fourth-order valence-electron chi connectivity index (χ4n) is 1.81. The van der Waals surface area contributed by atoms with Crippen molar-refractivity contribution in [3.63, 3.8) is 0 Å². The van der Waals surface area contributed by atoms with Gasteiger partial charge in [-0.25, -0.2) is 8.42 Å². The molecule has 0 N–H and O–H groups in total. The van der Waals surface area contributed by atoms with Crippen LogP contribution in [0.1, 0.15) is 6.42 Å². The van der Waals surface area contributed by atoms with Crippen LogP contribution in [-0.2, 0) is 14.6 Å². The van der Waals surface area contributed by atoms with Crippen molar-refractivity contribution in [2.45, 2.75) is 12.0 Å². The van der Waals surface area contributed by atoms with Crippen molar-refractivity contribution in [3.8, 4) is 0 Å². The molecule has 5 heteroatoms. The molecule has 2 aliphatic heterocycles. The third-order valence-corrected chi connectivity index (χ3v) is 4.49. The molecule has 1 amide bonds. The van der Waals surface area contributed by atoms with Gasteiger partial charge in [-0.3, -0.25) is 4.79 Å². The minimum atomic E-state index is -2.79. The second kappa shape index (κ2) is 1.77. The van der Waals surface area contributed by atoms with Gasteiger partial charge in [-0.2, -0.15) is 0 Å². The molecule has 62 valence electrons. The van der Waals surface area contributed by atoms with Gasteiger partial charge in [0, 0.05) is 6.54 Å². The number of sulfone groups is 1. The van der Waals surface area contributed by atoms with Gasteiger partial charge < -0.3 is 4.90 Å². The van der Waals surface area contributed by atoms with Crippen LogP contribution in [0.3, 0.4) is 0 Å². The molecule has 0 aromatic carbocycles. The zero-order chi connectivity index (χ0) is 8.11. The van der Waals surface area contributed by atoms with E-state index in [1.54, 1.807) is 4.90 Å². The molecule has 2 rings (SSSR count). The van der Waals surface area contributed by atoms with Crippen LogP contribution in [0.5, 0.6) is 0 Å². The van der Waals surface area contributed by atoms with Crippen LogP contribution >= 0.6 is 0 Å². The topological polar surface area (TPSA) is 54.5 Å². The average Bonchev–Trinajstić information content (AvgIpc) is 1.81. The minimum Gasteiger partial charge on any atom is -0.337 e. The first kappa shape index (κ1) is 7.09. The molecule has 1 spiro atoms. The van der Waals surface area contributed by atoms with Gasteiger partial charge in [-0.1, -0.05) is 0 Å². The Kier molecular flexibility index (Phi) is 1.14. The number of amides is 1. The van der Waals surface area contributed by atoms with E-state index in [9.17, 15) is 13.2 Å². The van der Waals surface area contributed by atoms with Gasteiger partial charge in [0.2, 0.25) is 6.41 Å². The van der Waals surface area contributed by atoms with E-state index >= 15 is 0 Å². The van der Waals surface area contributed by atoms with Crippen molar-refractivity contribution in [2.24, 2.45) is 0 Å². The van der Waals surface area contributed by atoms with E-state index in [0.29, 0.717) is 0 Å². The van der Waals surface area contributed by atoms with Gasteiger partial charge >= 0.3 is 0 Å². The standard InChI is InChI=1S/C6H9NO3S/c8-5-7-2-1-6(7)3-11(9,10)4-6/h5H,1-4H2. The SMILES string of the molecule is O=CN1CCC12CS(=O)(=O)C2. The molecule has 4 nitrogen and oxygen atoms in total. The van der Waals surface area contributed by atoms with Crippen molar-refractivity contribution in [1.82, 2.24) is 4.90 Å². The molecule has 0 aromatic heterocycles. The van der Waals surface area contributed by atoms with E-state index in [-0.39, 0.29) is 17.0 Å². The summed E-state index contributed by atoms with van der Waals surface area (Å²) in [5, 5.41) is 0. The third kappa shape index (κ3) is 0.803. The van der Waals surface area contributed by atoms with Gasteiger partial charge in [0.25, 0.3) is 0 Å². The molecule has 2 fully saturated rings. The lowest BCUT2D eigenvalue weighted by Gasteiger charge is -2.55. The number of carbonyl (C=O) groups is 1. The van der Waals surface area contributed by atoms with Gasteiger partial charge in [0.05, 0.1) is 17.0 Å². The predicted octanol–water partition coefficient (Wildman–Crippen LogP) is -0.984. The Morgan fingerprint density at radius 1 is 1.36 bits per heavy atom. The highest BCUT2D eigenvalue weighted by atomic mass is 32.2. The summed E-state index contributed by atoms with van der Waals surface area (Å²) in [4.78, 5) is 11.9. The lowest BCUT2D eigenvalue weighted by molar-refractivity contribution is -0.130. The molecule has 0 unspecified atom stereocenters. The molecule has 0 radical (unpaired) electrons. The maximum atomic E-state index is 10.8. The summed E-state index contributed by atoms with van der Waals surface area (Å²) in [6.07, 6.45) is 1.60. The summed E-state index contributed by atoms with van der Waals surface area (Å²) >= 11 is 0. The van der Waals surface area contributed by atoms with Crippen molar-refractivity contribution >= 4 is 16.2 Å². The molecule has 2 heterocycles. The summed E-state index contributed by atoms with van der Waals surface area (Å²) in [5.41, 5.74) is -0.277. The molecular formula is C6H9NO3S. The van der Waals surface area contributed by atoms with Crippen LogP contribution in [-0.4, -0.2) is 43.3 Å². The van der Waals surface area contributed by atoms with E-state index in [0.717, 1.165) is 19.4 Å². The second-order valence-corrected chi connectivity index (χ2v) is 5.37. The van der Waals surface area contributed by atoms with Crippen LogP contribution in [0.15, 0.2) is 0 Å². The fraction of sp³-hybridized carbons (Fsp3) is 0.833. The average molecular weight is 175 g/mol. The maximum absolute atomic E-state index is 10.8. The molecule has 0 saturated carbocycles. The van der Waals surface area contributed by atoms with Gasteiger partial charge in [-0.05, 0) is 6.42 Å². The van der Waals surface area contributed by atoms with Crippen LogP contribution < -0.4 is 0 Å². The lowest BCUT2D eigenvalue weighted by Crippen LogP contribution is -2.72. The fourth-order valence-corrected chi connectivity index (χ4v) is 3.98. The highest BCUT2D eigenvalue weighted by Crippen LogP contribution is 2.39. The monoisotopic (exact) mass is 175 g/mol. The van der Waals surface area contributed by atoms with E-state index in [2.05, 4.69) is 0 Å². The molecule has 11 heavy (non-hydrogen) atoms. The Bertz CT molecular complexity index is 283. The van der Waals surface area contributed by atoms with Gasteiger partial charge in [-0.15, -0.1) is 0 Å². The number of rotatable bonds is 1. The molecule has 0 aliphatic carbocycles. The number of nitrogens with zero attached hydrogens (tertiary/aromatic N) is 1. The normalized spacial score (nSPS) is 30.7. The molecule has 0 atom stereocenters. The van der Waals surface area contributed by atoms with E-state index in [1.807, 2.05) is 0 Å². The summed E-state index contributed by atoms with van der Waals surface area (Å²) in [6, 6.07) is 0. The Labute approximate surface area is 65.1 Å². The zero-order valence-corrected chi connectivity index (χ0v) is 6.80. The van der Waals surface area contributed by atoms with Crippen molar-refractivity contribution in [1.29, 1.82) is 0 Å². The molecular weight excluding hydrogens is 166 g/mol. The Morgan fingerprint density at radius 3 is 2.27 bits per heavy atom. The van der Waals surface area contributed by atoms with Gasteiger partial charge in [0.15, 0.2) is 9.84 Å². The largest absolute Gasteiger partial charge is 0.337 e. The third-order valence-electron chi connectivity index (χ3n) is 2.53. The highest BCUT2D eigenvalue weighted by Gasteiger charge is 2.57. The second-order valence-electron chi connectivity index (χ2n) is 3.31. The Balaban J connectivity index is 2.13.